The highest BCUT2D eigenvalue weighted by Gasteiger charge is 2.45. The SMILES string of the molecule is CC(C)(C)c1ccc(N(c2ccc(C(C)(C)C)cc2)c2cccc(N(c3cccc(C(C)(C)C)c3)c3ccc(C(C)(C)C)c(C(C)(C)C)c3)c2Cl)cc1.CC(C)(C)c1ccc(N2c3ccc(C(C)(C)C)cc3B3c4ccc(C(C)(C)C)cc4N(c4ccc(C(C)(C)C)c(C(C)(C)C)c4)c4cccc2c43)cc1. The van der Waals surface area contributed by atoms with Crippen LogP contribution in [0.1, 0.15) is 263 Å². The van der Waals surface area contributed by atoms with E-state index in [-0.39, 0.29) is 60.9 Å². The monoisotopic (exact) mass is 1430 g/mol. The largest absolute Gasteiger partial charge is 0.311 e. The van der Waals surface area contributed by atoms with Gasteiger partial charge in [-0.3, -0.25) is 0 Å². The van der Waals surface area contributed by atoms with E-state index in [2.05, 4.69) is 434 Å². The molecule has 0 spiro atoms. The van der Waals surface area contributed by atoms with Gasteiger partial charge < -0.3 is 19.6 Å². The van der Waals surface area contributed by atoms with Crippen LogP contribution in [-0.2, 0) is 54.1 Å². The highest BCUT2D eigenvalue weighted by molar-refractivity contribution is 7.00. The number of anilines is 12. The van der Waals surface area contributed by atoms with Crippen molar-refractivity contribution in [2.75, 3.05) is 19.6 Å². The first kappa shape index (κ1) is 78.8. The van der Waals surface area contributed by atoms with Crippen LogP contribution in [0, 0.1) is 0 Å². The lowest BCUT2D eigenvalue weighted by Crippen LogP contribution is -2.61. The van der Waals surface area contributed by atoms with Crippen LogP contribution >= 0.6 is 11.6 Å². The number of fused-ring (bicyclic) bond motifs is 4. The molecule has 2 aliphatic heterocycles. The van der Waals surface area contributed by atoms with E-state index in [0.717, 1.165) is 34.1 Å². The van der Waals surface area contributed by atoms with Crippen molar-refractivity contribution in [3.05, 3.63) is 267 Å². The molecular weight excluding hydrogens is 1300 g/mol. The van der Waals surface area contributed by atoms with E-state index >= 15 is 0 Å². The molecule has 10 aromatic carbocycles. The first-order valence-electron chi connectivity index (χ1n) is 39.0. The van der Waals surface area contributed by atoms with Crippen molar-refractivity contribution in [1.29, 1.82) is 0 Å². The van der Waals surface area contributed by atoms with Crippen molar-refractivity contribution < 1.29 is 0 Å². The Bertz CT molecular complexity index is 4810. The van der Waals surface area contributed by atoms with Gasteiger partial charge in [-0.2, -0.15) is 0 Å². The predicted octanol–water partition coefficient (Wildman–Crippen LogP) is 28.0. The summed E-state index contributed by atoms with van der Waals surface area (Å²) in [6.07, 6.45) is 0. The van der Waals surface area contributed by atoms with Crippen molar-refractivity contribution in [1.82, 2.24) is 0 Å². The van der Waals surface area contributed by atoms with E-state index in [0.29, 0.717) is 5.02 Å². The van der Waals surface area contributed by atoms with Crippen LogP contribution in [0.15, 0.2) is 206 Å². The molecule has 0 unspecified atom stereocenters. The number of nitrogens with zero attached hydrogens (tertiary/aromatic N) is 4. The normalized spacial score (nSPS) is 13.7. The van der Waals surface area contributed by atoms with Crippen LogP contribution < -0.4 is 36.0 Å². The van der Waals surface area contributed by atoms with E-state index in [4.69, 9.17) is 11.6 Å². The fourth-order valence-electron chi connectivity index (χ4n) is 15.5. The molecule has 0 atom stereocenters. The van der Waals surface area contributed by atoms with Gasteiger partial charge in [-0.25, -0.2) is 0 Å². The van der Waals surface area contributed by atoms with Crippen molar-refractivity contribution in [2.24, 2.45) is 0 Å². The Morgan fingerprint density at radius 3 is 1.06 bits per heavy atom. The van der Waals surface area contributed by atoms with E-state index in [1.807, 2.05) is 0 Å². The van der Waals surface area contributed by atoms with Crippen molar-refractivity contribution in [2.45, 2.75) is 262 Å². The van der Waals surface area contributed by atoms with E-state index in [1.54, 1.807) is 0 Å². The molecular formula is C100H124BClN4. The van der Waals surface area contributed by atoms with Gasteiger partial charge in [-0.05, 0) is 235 Å². The van der Waals surface area contributed by atoms with E-state index in [1.165, 1.54) is 106 Å². The molecule has 4 nitrogen and oxygen atoms in total. The lowest BCUT2D eigenvalue weighted by atomic mass is 9.33. The highest BCUT2D eigenvalue weighted by Crippen LogP contribution is 2.51. The van der Waals surface area contributed by atoms with Gasteiger partial charge in [0.05, 0.1) is 16.4 Å². The quantitative estimate of drug-likeness (QED) is 0.141. The van der Waals surface area contributed by atoms with Gasteiger partial charge in [0, 0.05) is 56.9 Å². The van der Waals surface area contributed by atoms with Gasteiger partial charge in [-0.1, -0.05) is 316 Å². The zero-order chi connectivity index (χ0) is 77.9. The summed E-state index contributed by atoms with van der Waals surface area (Å²) in [5.74, 6) is 0. The number of hydrogen-bond donors (Lipinski definition) is 0. The van der Waals surface area contributed by atoms with Crippen LogP contribution in [0.2, 0.25) is 5.02 Å². The first-order valence-corrected chi connectivity index (χ1v) is 39.3. The van der Waals surface area contributed by atoms with Crippen molar-refractivity contribution in [3.8, 4) is 0 Å². The Kier molecular flexibility index (Phi) is 20.6. The van der Waals surface area contributed by atoms with E-state index < -0.39 is 0 Å². The third kappa shape index (κ3) is 16.0. The van der Waals surface area contributed by atoms with Gasteiger partial charge in [0.25, 0.3) is 6.71 Å². The Labute approximate surface area is 647 Å². The second-order valence-corrected chi connectivity index (χ2v) is 41.2. The molecule has 0 aromatic heterocycles. The van der Waals surface area contributed by atoms with Crippen molar-refractivity contribution in [3.63, 3.8) is 0 Å². The molecule has 0 N–H and O–H groups in total. The molecule has 10 aromatic rings. The molecule has 0 bridgehead atoms. The first-order chi connectivity index (χ1) is 48.8. The molecule has 0 aliphatic carbocycles. The van der Waals surface area contributed by atoms with Crippen molar-refractivity contribution >= 4 is 103 Å². The summed E-state index contributed by atoms with van der Waals surface area (Å²) in [6.45, 7) is 69.3. The van der Waals surface area contributed by atoms with Gasteiger partial charge >= 0.3 is 0 Å². The van der Waals surface area contributed by atoms with Crippen LogP contribution in [0.5, 0.6) is 0 Å². The number of halogens is 1. The average molecular weight is 1430 g/mol. The lowest BCUT2D eigenvalue weighted by Gasteiger charge is -2.45. The summed E-state index contributed by atoms with van der Waals surface area (Å²) in [6, 6.07) is 78.4. The minimum Gasteiger partial charge on any atom is -0.311 e. The molecule has 0 amide bonds. The Morgan fingerprint density at radius 2 is 0.594 bits per heavy atom. The lowest BCUT2D eigenvalue weighted by molar-refractivity contribution is 0.530. The summed E-state index contributed by atoms with van der Waals surface area (Å²) >= 11 is 7.79. The molecule has 6 heteroatoms. The number of benzene rings is 10. The molecule has 12 rings (SSSR count). The molecule has 106 heavy (non-hydrogen) atoms. The fourth-order valence-corrected chi connectivity index (χ4v) is 15.8. The maximum Gasteiger partial charge on any atom is 0.252 e. The highest BCUT2D eigenvalue weighted by atomic mass is 35.5. The second-order valence-electron chi connectivity index (χ2n) is 40.8. The summed E-state index contributed by atoms with van der Waals surface area (Å²) in [5.41, 5.74) is 31.3. The zero-order valence-electron chi connectivity index (χ0n) is 70.4. The van der Waals surface area contributed by atoms with Crippen LogP contribution in [0.3, 0.4) is 0 Å². The maximum absolute atomic E-state index is 7.79. The minimum atomic E-state index is -0.0571. The van der Waals surface area contributed by atoms with Crippen LogP contribution in [-0.4, -0.2) is 6.71 Å². The molecule has 2 aliphatic rings. The molecule has 0 radical (unpaired) electrons. The Hall–Kier alpha value is -8.25. The maximum atomic E-state index is 7.79. The molecule has 554 valence electrons. The summed E-state index contributed by atoms with van der Waals surface area (Å²) in [4.78, 5) is 9.77. The molecule has 0 saturated heterocycles. The third-order valence-electron chi connectivity index (χ3n) is 21.9. The van der Waals surface area contributed by atoms with E-state index in [9.17, 15) is 0 Å². The Morgan fingerprint density at radius 1 is 0.245 bits per heavy atom. The van der Waals surface area contributed by atoms with Gasteiger partial charge in [0.15, 0.2) is 0 Å². The molecule has 0 fully saturated rings. The fraction of sp³-hybridized carbons (Fsp3) is 0.400. The predicted molar refractivity (Wildman–Crippen MR) is 468 cm³/mol. The standard InChI is InChI=1S/C50H61BN2.C50H63ClN2/c1-46(2,3)32-19-23-35(24-20-32)52-41-28-22-33(47(4,5)6)29-40(41)51-39-27-21-34(48(7,8)9)30-44(39)53(43-18-16-17-42(52)45(43)51)36-25-26-37(49(10,11)12)38(31-36)50(13,14)15;1-46(2,3)34-22-26-37(27-23-34)52(38-28-24-35(25-29-38)47(4,5)6)43-20-17-21-44(45(43)51)53(39-19-16-18-36(32-39)48(7,8)9)40-30-31-41(49(10,11)12)42(33-40)50(13,14)15/h16-31H,1-15H3;16-33H,1-15H3. The van der Waals surface area contributed by atoms with Gasteiger partial charge in [-0.15, -0.1) is 0 Å². The Balaban J connectivity index is 0.000000212. The smallest absolute Gasteiger partial charge is 0.252 e. The van der Waals surface area contributed by atoms with Gasteiger partial charge in [0.2, 0.25) is 0 Å². The second kappa shape index (κ2) is 27.8. The third-order valence-corrected chi connectivity index (χ3v) is 22.3. The summed E-state index contributed by atoms with van der Waals surface area (Å²) in [5, 5.41) is 0.686. The van der Waals surface area contributed by atoms with Crippen LogP contribution in [0.4, 0.5) is 68.2 Å². The number of hydrogen-bond acceptors (Lipinski definition) is 4. The minimum absolute atomic E-state index is 0.00125. The molecule has 2 heterocycles. The van der Waals surface area contributed by atoms with Crippen LogP contribution in [0.25, 0.3) is 0 Å². The number of rotatable bonds is 8. The summed E-state index contributed by atoms with van der Waals surface area (Å²) < 4.78 is 0. The summed E-state index contributed by atoms with van der Waals surface area (Å²) in [7, 11) is 0. The average Bonchev–Trinajstić information content (AvgIpc) is 0.696. The zero-order valence-corrected chi connectivity index (χ0v) is 71.1. The topological polar surface area (TPSA) is 13.0 Å². The van der Waals surface area contributed by atoms with Gasteiger partial charge in [0.1, 0.15) is 0 Å². The molecule has 0 saturated carbocycles.